The molecule has 4 aromatic heterocycles. The standard InChI is InChI=1S/C19H15ClF3N7O/c1-9-5-11(29-8-25-18(20)27-29)7-24-14(9)16-26-12-6-13(19(21,22)23)30(10-3-4-10)17(31)15(12)28(16)2/h5-8,10H,3-4H2,1-2H3. The number of pyridine rings is 2. The fourth-order valence-electron chi connectivity index (χ4n) is 3.71. The first kappa shape index (κ1) is 19.7. The Morgan fingerprint density at radius 3 is 2.52 bits per heavy atom. The van der Waals surface area contributed by atoms with Crippen LogP contribution < -0.4 is 5.56 Å². The highest BCUT2D eigenvalue weighted by atomic mass is 35.5. The molecule has 0 amide bonds. The molecule has 1 aliphatic carbocycles. The largest absolute Gasteiger partial charge is 0.431 e. The summed E-state index contributed by atoms with van der Waals surface area (Å²) in [5, 5.41) is 4.10. The van der Waals surface area contributed by atoms with E-state index in [1.54, 1.807) is 20.0 Å². The second kappa shape index (κ2) is 6.64. The predicted octanol–water partition coefficient (Wildman–Crippen LogP) is 3.69. The highest BCUT2D eigenvalue weighted by Gasteiger charge is 2.40. The van der Waals surface area contributed by atoms with Crippen molar-refractivity contribution in [1.82, 2.24) is 33.9 Å². The first-order valence-corrected chi connectivity index (χ1v) is 9.76. The number of rotatable bonds is 3. The summed E-state index contributed by atoms with van der Waals surface area (Å²) < 4.78 is 44.7. The van der Waals surface area contributed by atoms with Crippen molar-refractivity contribution < 1.29 is 13.2 Å². The van der Waals surface area contributed by atoms with Gasteiger partial charge in [0.25, 0.3) is 5.56 Å². The van der Waals surface area contributed by atoms with Crippen LogP contribution in [0.1, 0.15) is 30.1 Å². The first-order valence-electron chi connectivity index (χ1n) is 9.39. The molecule has 4 heterocycles. The maximum atomic E-state index is 13.6. The number of hydrogen-bond donors (Lipinski definition) is 0. The summed E-state index contributed by atoms with van der Waals surface area (Å²) in [4.78, 5) is 25.6. The fraction of sp³-hybridized carbons (Fsp3) is 0.316. The predicted molar refractivity (Wildman–Crippen MR) is 106 cm³/mol. The Labute approximate surface area is 177 Å². The Morgan fingerprint density at radius 2 is 1.94 bits per heavy atom. The molecule has 0 unspecified atom stereocenters. The van der Waals surface area contributed by atoms with E-state index in [9.17, 15) is 18.0 Å². The van der Waals surface area contributed by atoms with Gasteiger partial charge in [0.1, 0.15) is 23.2 Å². The third kappa shape index (κ3) is 3.19. The normalized spacial score (nSPS) is 14.5. The summed E-state index contributed by atoms with van der Waals surface area (Å²) in [5.74, 6) is 0.300. The van der Waals surface area contributed by atoms with E-state index in [1.165, 1.54) is 21.8 Å². The molecule has 160 valence electrons. The summed E-state index contributed by atoms with van der Waals surface area (Å²) in [6, 6.07) is 2.29. The van der Waals surface area contributed by atoms with Crippen molar-refractivity contribution in [2.24, 2.45) is 7.05 Å². The monoisotopic (exact) mass is 449 g/mol. The number of aryl methyl sites for hydroxylation is 2. The first-order chi connectivity index (χ1) is 14.6. The SMILES string of the molecule is Cc1cc(-n2cnc(Cl)n2)cnc1-c1nc2cc(C(F)(F)F)n(C3CC3)c(=O)c2n1C. The van der Waals surface area contributed by atoms with E-state index >= 15 is 0 Å². The molecule has 0 atom stereocenters. The molecule has 31 heavy (non-hydrogen) atoms. The molecule has 1 aliphatic rings. The zero-order chi connectivity index (χ0) is 22.1. The van der Waals surface area contributed by atoms with Crippen LogP contribution in [0.3, 0.4) is 0 Å². The van der Waals surface area contributed by atoms with Gasteiger partial charge >= 0.3 is 6.18 Å². The van der Waals surface area contributed by atoms with Crippen LogP contribution in [0, 0.1) is 6.92 Å². The lowest BCUT2D eigenvalue weighted by Gasteiger charge is -2.15. The molecule has 0 spiro atoms. The summed E-state index contributed by atoms with van der Waals surface area (Å²) in [5.41, 5.74) is 0.180. The summed E-state index contributed by atoms with van der Waals surface area (Å²) in [6.45, 7) is 1.79. The summed E-state index contributed by atoms with van der Waals surface area (Å²) in [6.07, 6.45) is -0.591. The number of alkyl halides is 3. The van der Waals surface area contributed by atoms with Crippen LogP contribution in [-0.4, -0.2) is 33.9 Å². The molecule has 0 saturated heterocycles. The van der Waals surface area contributed by atoms with Gasteiger partial charge in [-0.15, -0.1) is 5.10 Å². The van der Waals surface area contributed by atoms with Gasteiger partial charge in [-0.25, -0.2) is 14.6 Å². The maximum Gasteiger partial charge on any atom is 0.431 e. The van der Waals surface area contributed by atoms with Crippen LogP contribution in [-0.2, 0) is 13.2 Å². The van der Waals surface area contributed by atoms with Gasteiger partial charge in [0.15, 0.2) is 5.82 Å². The number of imidazole rings is 1. The van der Waals surface area contributed by atoms with E-state index in [-0.39, 0.29) is 16.3 Å². The topological polar surface area (TPSA) is 83.4 Å². The second-order valence-electron chi connectivity index (χ2n) is 7.48. The molecule has 0 aliphatic heterocycles. The molecule has 0 N–H and O–H groups in total. The summed E-state index contributed by atoms with van der Waals surface area (Å²) >= 11 is 5.75. The minimum absolute atomic E-state index is 0.0138. The van der Waals surface area contributed by atoms with Gasteiger partial charge in [-0.05, 0) is 49.1 Å². The van der Waals surface area contributed by atoms with Crippen molar-refractivity contribution in [3.8, 4) is 17.2 Å². The molecule has 4 aromatic rings. The number of nitrogens with zero attached hydrogens (tertiary/aromatic N) is 7. The molecular formula is C19H15ClF3N7O. The minimum Gasteiger partial charge on any atom is -0.321 e. The van der Waals surface area contributed by atoms with E-state index in [0.717, 1.165) is 10.6 Å². The van der Waals surface area contributed by atoms with Crippen molar-refractivity contribution in [3.63, 3.8) is 0 Å². The van der Waals surface area contributed by atoms with Crippen LogP contribution >= 0.6 is 11.6 Å². The number of hydrogen-bond acceptors (Lipinski definition) is 5. The highest BCUT2D eigenvalue weighted by molar-refractivity contribution is 6.28. The third-order valence-electron chi connectivity index (χ3n) is 5.28. The van der Waals surface area contributed by atoms with E-state index < -0.39 is 23.5 Å². The van der Waals surface area contributed by atoms with Gasteiger partial charge in [0.2, 0.25) is 5.28 Å². The molecule has 12 heteroatoms. The molecule has 1 saturated carbocycles. The van der Waals surface area contributed by atoms with Gasteiger partial charge in [-0.3, -0.25) is 14.3 Å². The third-order valence-corrected chi connectivity index (χ3v) is 5.46. The lowest BCUT2D eigenvalue weighted by Crippen LogP contribution is -2.28. The molecule has 0 bridgehead atoms. The van der Waals surface area contributed by atoms with Crippen molar-refractivity contribution in [3.05, 3.63) is 51.6 Å². The van der Waals surface area contributed by atoms with Gasteiger partial charge in [0.05, 0.1) is 17.4 Å². The van der Waals surface area contributed by atoms with Crippen LogP contribution in [0.5, 0.6) is 0 Å². The van der Waals surface area contributed by atoms with Crippen LogP contribution in [0.2, 0.25) is 5.28 Å². The van der Waals surface area contributed by atoms with E-state index in [0.29, 0.717) is 35.6 Å². The van der Waals surface area contributed by atoms with Crippen molar-refractivity contribution in [1.29, 1.82) is 0 Å². The molecule has 5 rings (SSSR count). The number of halogens is 4. The lowest BCUT2D eigenvalue weighted by atomic mass is 10.2. The van der Waals surface area contributed by atoms with Crippen molar-refractivity contribution >= 4 is 22.6 Å². The smallest absolute Gasteiger partial charge is 0.321 e. The van der Waals surface area contributed by atoms with E-state index in [1.807, 2.05) is 0 Å². The Kier molecular flexibility index (Phi) is 4.23. The Bertz CT molecular complexity index is 1400. The second-order valence-corrected chi connectivity index (χ2v) is 7.82. The Morgan fingerprint density at radius 1 is 1.19 bits per heavy atom. The van der Waals surface area contributed by atoms with Crippen LogP contribution in [0.25, 0.3) is 28.2 Å². The minimum atomic E-state index is -4.65. The van der Waals surface area contributed by atoms with Gasteiger partial charge < -0.3 is 4.57 Å². The van der Waals surface area contributed by atoms with Gasteiger partial charge in [-0.1, -0.05) is 0 Å². The maximum absolute atomic E-state index is 13.6. The van der Waals surface area contributed by atoms with E-state index in [4.69, 9.17) is 11.6 Å². The highest BCUT2D eigenvalue weighted by Crippen LogP contribution is 2.40. The van der Waals surface area contributed by atoms with Crippen molar-refractivity contribution in [2.45, 2.75) is 32.0 Å². The average Bonchev–Trinajstić information content (AvgIpc) is 3.35. The number of aromatic nitrogens is 7. The summed E-state index contributed by atoms with van der Waals surface area (Å²) in [7, 11) is 1.60. The van der Waals surface area contributed by atoms with Crippen molar-refractivity contribution in [2.75, 3.05) is 0 Å². The zero-order valence-corrected chi connectivity index (χ0v) is 17.1. The Balaban J connectivity index is 1.69. The molecule has 1 fully saturated rings. The lowest BCUT2D eigenvalue weighted by molar-refractivity contribution is -0.144. The van der Waals surface area contributed by atoms with E-state index in [2.05, 4.69) is 20.1 Å². The van der Waals surface area contributed by atoms with Gasteiger partial charge in [0, 0.05) is 13.1 Å². The van der Waals surface area contributed by atoms with Crippen LogP contribution in [0.4, 0.5) is 13.2 Å². The average molecular weight is 450 g/mol. The molecule has 0 radical (unpaired) electrons. The quantitative estimate of drug-likeness (QED) is 0.476. The number of fused-ring (bicyclic) bond motifs is 1. The zero-order valence-electron chi connectivity index (χ0n) is 16.4. The molecule has 8 nitrogen and oxygen atoms in total. The van der Waals surface area contributed by atoms with Crippen LogP contribution in [0.15, 0.2) is 29.5 Å². The molecule has 0 aromatic carbocycles. The van der Waals surface area contributed by atoms with Gasteiger partial charge in [-0.2, -0.15) is 13.2 Å². The molecular weight excluding hydrogens is 435 g/mol. The fourth-order valence-corrected chi connectivity index (χ4v) is 3.83. The Hall–Kier alpha value is -3.21.